The van der Waals surface area contributed by atoms with Crippen LogP contribution < -0.4 is 0 Å². The fourth-order valence-corrected chi connectivity index (χ4v) is 12.0. The van der Waals surface area contributed by atoms with Crippen LogP contribution in [0.25, 0.3) is 0 Å². The quantitative estimate of drug-likeness (QED) is 0.0146. The third kappa shape index (κ3) is 76.6. The Labute approximate surface area is 614 Å². The molecule has 5 unspecified atom stereocenters. The monoisotopic (exact) mass is 1460 g/mol. The molecule has 0 radical (unpaired) electrons. The van der Waals surface area contributed by atoms with Gasteiger partial charge in [-0.25, -0.2) is 9.13 Å². The Bertz CT molecular complexity index is 2370. The van der Waals surface area contributed by atoms with Gasteiger partial charge < -0.3 is 34.2 Å². The molecule has 0 rings (SSSR count). The topological polar surface area (TPSA) is 231 Å². The van der Waals surface area contributed by atoms with Crippen molar-refractivity contribution < 1.29 is 75.8 Å². The molecule has 0 amide bonds. The lowest BCUT2D eigenvalue weighted by Gasteiger charge is -2.21. The van der Waals surface area contributed by atoms with Crippen molar-refractivity contribution >= 4 is 33.6 Å². The summed E-state index contributed by atoms with van der Waals surface area (Å²) >= 11 is 0. The molecule has 0 bridgehead atoms. The summed E-state index contributed by atoms with van der Waals surface area (Å²) in [5.41, 5.74) is 0. The molecule has 0 spiro atoms. The first kappa shape index (κ1) is 96.7. The molecule has 4 N–H and O–H groups in total. The van der Waals surface area contributed by atoms with Crippen molar-refractivity contribution in [2.75, 3.05) is 39.6 Å². The zero-order chi connectivity index (χ0) is 73.7. The van der Waals surface area contributed by atoms with Crippen molar-refractivity contribution in [3.05, 3.63) is 134 Å². The van der Waals surface area contributed by atoms with E-state index in [-0.39, 0.29) is 19.3 Å². The van der Waals surface area contributed by atoms with Gasteiger partial charge in [-0.3, -0.25) is 32.5 Å². The van der Waals surface area contributed by atoms with Crippen LogP contribution in [-0.2, 0) is 55.8 Å². The first-order valence-corrected chi connectivity index (χ1v) is 42.5. The van der Waals surface area contributed by atoms with E-state index in [4.69, 9.17) is 32.3 Å². The highest BCUT2D eigenvalue weighted by atomic mass is 31.2. The van der Waals surface area contributed by atoms with Gasteiger partial charge in [0.25, 0.3) is 0 Å². The number of aliphatic hydroxyl groups excluding tert-OH is 2. The first-order valence-electron chi connectivity index (χ1n) is 39.5. The number of phosphoric ester groups is 2. The van der Waals surface area contributed by atoms with Gasteiger partial charge in [-0.2, -0.15) is 0 Å². The smallest absolute Gasteiger partial charge is 0.463 e. The van der Waals surface area contributed by atoms with Gasteiger partial charge in [0.1, 0.15) is 25.4 Å². The second-order valence-corrected chi connectivity index (χ2v) is 29.0. The van der Waals surface area contributed by atoms with Crippen molar-refractivity contribution in [1.29, 1.82) is 0 Å². The van der Waals surface area contributed by atoms with E-state index >= 15 is 0 Å². The number of hydrogen-bond acceptors (Lipinski definition) is 14. The van der Waals surface area contributed by atoms with Gasteiger partial charge in [-0.1, -0.05) is 302 Å². The number of ether oxygens (including phenoxy) is 3. The molecule has 0 aromatic carbocycles. The summed E-state index contributed by atoms with van der Waals surface area (Å²) in [5.74, 6) is -1.60. The second kappa shape index (κ2) is 75.4. The summed E-state index contributed by atoms with van der Waals surface area (Å²) in [4.78, 5) is 58.5. The van der Waals surface area contributed by atoms with Crippen LogP contribution in [0.3, 0.4) is 0 Å². The van der Waals surface area contributed by atoms with Crippen LogP contribution in [0.4, 0.5) is 0 Å². The summed E-state index contributed by atoms with van der Waals surface area (Å²) in [6.07, 6.45) is 90.9. The lowest BCUT2D eigenvalue weighted by Crippen LogP contribution is -2.30. The number of aliphatic hydroxyl groups is 2. The minimum Gasteiger partial charge on any atom is -0.463 e. The minimum atomic E-state index is -4.93. The second-order valence-electron chi connectivity index (χ2n) is 26.1. The van der Waals surface area contributed by atoms with E-state index in [9.17, 15) is 43.5 Å². The maximum Gasteiger partial charge on any atom is 0.472 e. The molecule has 580 valence electrons. The molecule has 0 heterocycles. The molecule has 0 aromatic rings. The number of carbonyl (C=O) groups is 3. The number of hydrogen-bond donors (Lipinski definition) is 4. The molecular weight excluding hydrogens is 1310 g/mol. The van der Waals surface area contributed by atoms with Gasteiger partial charge in [0.05, 0.1) is 26.4 Å². The predicted octanol–water partition coefficient (Wildman–Crippen LogP) is 23.1. The van der Waals surface area contributed by atoms with Gasteiger partial charge in [-0.05, 0) is 128 Å². The van der Waals surface area contributed by atoms with Crippen molar-refractivity contribution in [1.82, 2.24) is 0 Å². The van der Waals surface area contributed by atoms with E-state index in [0.29, 0.717) is 19.3 Å². The highest BCUT2D eigenvalue weighted by molar-refractivity contribution is 7.47. The highest BCUT2D eigenvalue weighted by Crippen LogP contribution is 2.45. The SMILES string of the molecule is CC/C=C\C/C=C\C/C=C\C/C=C\C/C=C\CCCCCCCCCCCCCCCCCC(=O)OCC(O)COP(=O)(O)OCC(O)COP(=O)(O)OCC(COC(=O)CCCCCCCCC/C=C\C/C=C\C/C=C\C/C=C\C/C=C\CC)OC(=O)CCCCCCC/C=C\CCCC. The third-order valence-corrected chi connectivity index (χ3v) is 18.2. The molecule has 0 aromatic heterocycles. The predicted molar refractivity (Wildman–Crippen MR) is 417 cm³/mol. The maximum absolute atomic E-state index is 12.9. The first-order chi connectivity index (χ1) is 49.2. The summed E-state index contributed by atoms with van der Waals surface area (Å²) in [6, 6.07) is 0. The van der Waals surface area contributed by atoms with Gasteiger partial charge in [0, 0.05) is 19.3 Å². The number of carbonyl (C=O) groups excluding carboxylic acids is 3. The largest absolute Gasteiger partial charge is 0.472 e. The Kier molecular flexibility index (Phi) is 72.2. The van der Waals surface area contributed by atoms with Gasteiger partial charge in [0.15, 0.2) is 6.10 Å². The molecule has 0 saturated carbocycles. The van der Waals surface area contributed by atoms with Crippen LogP contribution in [0.1, 0.15) is 316 Å². The van der Waals surface area contributed by atoms with Crippen molar-refractivity contribution in [2.24, 2.45) is 0 Å². The maximum atomic E-state index is 12.9. The summed E-state index contributed by atoms with van der Waals surface area (Å²) in [5, 5.41) is 20.6. The summed E-state index contributed by atoms with van der Waals surface area (Å²) in [6.45, 7) is 2.40. The number of phosphoric acid groups is 2. The molecule has 101 heavy (non-hydrogen) atoms. The van der Waals surface area contributed by atoms with E-state index in [2.05, 4.69) is 154 Å². The van der Waals surface area contributed by atoms with Crippen LogP contribution in [0.2, 0.25) is 0 Å². The fraction of sp³-hybridized carbons (Fsp3) is 0.699. The van der Waals surface area contributed by atoms with Gasteiger partial charge in [-0.15, -0.1) is 0 Å². The Balaban J connectivity index is 4.42. The highest BCUT2D eigenvalue weighted by Gasteiger charge is 2.29. The lowest BCUT2D eigenvalue weighted by molar-refractivity contribution is -0.161. The molecule has 0 aliphatic heterocycles. The molecular formula is C83H142O16P2. The van der Waals surface area contributed by atoms with E-state index in [1.165, 1.54) is 89.9 Å². The average molecular weight is 1460 g/mol. The number of rotatable bonds is 74. The van der Waals surface area contributed by atoms with Crippen molar-refractivity contribution in [2.45, 2.75) is 334 Å². The summed E-state index contributed by atoms with van der Waals surface area (Å²) in [7, 11) is -9.79. The Morgan fingerprint density at radius 2 is 0.525 bits per heavy atom. The van der Waals surface area contributed by atoms with Crippen LogP contribution >= 0.6 is 15.6 Å². The molecule has 16 nitrogen and oxygen atoms in total. The van der Waals surface area contributed by atoms with Crippen LogP contribution in [-0.4, -0.2) is 95.9 Å². The van der Waals surface area contributed by atoms with E-state index in [0.717, 1.165) is 167 Å². The molecule has 0 aliphatic carbocycles. The van der Waals surface area contributed by atoms with E-state index in [1.807, 2.05) is 0 Å². The Morgan fingerprint density at radius 1 is 0.287 bits per heavy atom. The van der Waals surface area contributed by atoms with Gasteiger partial charge in [0.2, 0.25) is 0 Å². The Morgan fingerprint density at radius 3 is 0.842 bits per heavy atom. The standard InChI is InChI=1S/C83H142O16P2/c1-4-7-10-13-16-19-22-24-26-28-30-32-34-35-36-37-38-39-40-41-43-45-46-48-50-52-55-57-60-63-66-69-81(86)93-72-78(84)73-95-100(89,90)96-74-79(85)75-97-101(91,92)98-77-80(99-83(88)71-68-65-62-59-54-21-18-15-12-9-6-3)76-94-82(87)70-67-64-61-58-56-53-51-49-47-44-42-33-31-29-27-25-23-20-17-14-11-8-5-2/h7-8,10-11,15-20,24-27,30-33,35-36,44,47,78-80,84-85H,4-6,9,12-14,21-23,28-29,34,37-43,45-46,48-77H2,1-3H3,(H,89,90)(H,91,92)/b10-7-,11-8-,18-15-,19-16-,20-17-,26-24-,27-25-,32-30-,33-31-,36-35-,47-44-. The Hall–Kier alpha value is -4.31. The fourth-order valence-electron chi connectivity index (χ4n) is 10.4. The lowest BCUT2D eigenvalue weighted by atomic mass is 10.0. The van der Waals surface area contributed by atoms with Gasteiger partial charge >= 0.3 is 33.6 Å². The number of unbranched alkanes of at least 4 members (excludes halogenated alkanes) is 29. The minimum absolute atomic E-state index is 0.0894. The molecule has 0 saturated heterocycles. The zero-order valence-corrected chi connectivity index (χ0v) is 65.1. The molecule has 5 atom stereocenters. The number of esters is 3. The normalized spacial score (nSPS) is 14.7. The molecule has 18 heteroatoms. The van der Waals surface area contributed by atoms with Crippen LogP contribution in [0.5, 0.6) is 0 Å². The van der Waals surface area contributed by atoms with Crippen LogP contribution in [0, 0.1) is 0 Å². The molecule has 0 fully saturated rings. The van der Waals surface area contributed by atoms with Crippen molar-refractivity contribution in [3.8, 4) is 0 Å². The third-order valence-electron chi connectivity index (χ3n) is 16.3. The molecule has 0 aliphatic rings. The van der Waals surface area contributed by atoms with Crippen molar-refractivity contribution in [3.63, 3.8) is 0 Å². The van der Waals surface area contributed by atoms with E-state index < -0.39 is 91.5 Å². The van der Waals surface area contributed by atoms with E-state index in [1.54, 1.807) is 0 Å². The zero-order valence-electron chi connectivity index (χ0n) is 63.3. The number of allylic oxidation sites excluding steroid dienone is 22. The summed E-state index contributed by atoms with van der Waals surface area (Å²) < 4.78 is 61.0. The van der Waals surface area contributed by atoms with Crippen LogP contribution in [0.15, 0.2) is 134 Å². The average Bonchev–Trinajstić information content (AvgIpc) is 0.947.